The lowest BCUT2D eigenvalue weighted by Gasteiger charge is -2.45. The van der Waals surface area contributed by atoms with Crippen LogP contribution in [0.5, 0.6) is 0 Å². The summed E-state index contributed by atoms with van der Waals surface area (Å²) >= 11 is 0. The van der Waals surface area contributed by atoms with Crippen molar-refractivity contribution in [3.63, 3.8) is 0 Å². The Balaban J connectivity index is 2.63. The fourth-order valence-electron chi connectivity index (χ4n) is 2.81. The fourth-order valence-corrected chi connectivity index (χ4v) is 2.81. The van der Waals surface area contributed by atoms with Crippen LogP contribution in [0.4, 0.5) is 0 Å². The second-order valence-electron chi connectivity index (χ2n) is 7.66. The van der Waals surface area contributed by atoms with Gasteiger partial charge in [0.1, 0.15) is 0 Å². The molecule has 1 aliphatic rings. The molecule has 0 atom stereocenters. The van der Waals surface area contributed by atoms with Gasteiger partial charge in [-0.05, 0) is 58.0 Å². The summed E-state index contributed by atoms with van der Waals surface area (Å²) in [5, 5.41) is 3.69. The number of ether oxygens (including phenoxy) is 1. The van der Waals surface area contributed by atoms with E-state index in [1.165, 1.54) is 25.8 Å². The molecule has 0 aromatic carbocycles. The lowest BCUT2D eigenvalue weighted by molar-refractivity contribution is -0.0171. The van der Waals surface area contributed by atoms with Crippen LogP contribution in [0.3, 0.4) is 0 Å². The van der Waals surface area contributed by atoms with Gasteiger partial charge in [-0.3, -0.25) is 0 Å². The third kappa shape index (κ3) is 5.34. The van der Waals surface area contributed by atoms with Crippen LogP contribution >= 0.6 is 0 Å². The first-order valence-corrected chi connectivity index (χ1v) is 8.31. The first kappa shape index (κ1) is 17.9. The van der Waals surface area contributed by atoms with Gasteiger partial charge >= 0.3 is 0 Å². The predicted molar refractivity (Wildman–Crippen MR) is 87.2 cm³/mol. The van der Waals surface area contributed by atoms with E-state index in [1.54, 1.807) is 0 Å². The first-order chi connectivity index (χ1) is 9.31. The SMILES string of the molecule is CCC(C)(C)N(C)CC1(CNCC(C)C)CCOCC1. The molecule has 3 nitrogen and oxygen atoms in total. The maximum atomic E-state index is 5.60. The van der Waals surface area contributed by atoms with E-state index in [-0.39, 0.29) is 5.54 Å². The third-order valence-electron chi connectivity index (χ3n) is 5.08. The molecule has 1 aliphatic heterocycles. The molecule has 120 valence electrons. The van der Waals surface area contributed by atoms with E-state index in [0.29, 0.717) is 5.41 Å². The van der Waals surface area contributed by atoms with E-state index in [4.69, 9.17) is 4.74 Å². The van der Waals surface area contributed by atoms with E-state index in [9.17, 15) is 0 Å². The lowest BCUT2D eigenvalue weighted by Crippen LogP contribution is -2.52. The van der Waals surface area contributed by atoms with Crippen molar-refractivity contribution in [1.82, 2.24) is 10.2 Å². The van der Waals surface area contributed by atoms with Crippen molar-refractivity contribution in [3.8, 4) is 0 Å². The monoisotopic (exact) mass is 284 g/mol. The highest BCUT2D eigenvalue weighted by molar-refractivity contribution is 4.90. The Bertz CT molecular complexity index is 270. The van der Waals surface area contributed by atoms with E-state index < -0.39 is 0 Å². The smallest absolute Gasteiger partial charge is 0.0472 e. The highest BCUT2D eigenvalue weighted by Crippen LogP contribution is 2.33. The van der Waals surface area contributed by atoms with Gasteiger partial charge in [0.2, 0.25) is 0 Å². The molecular formula is C17H36N2O. The second kappa shape index (κ2) is 7.77. The minimum absolute atomic E-state index is 0.281. The van der Waals surface area contributed by atoms with Crippen molar-refractivity contribution in [1.29, 1.82) is 0 Å². The molecule has 1 heterocycles. The van der Waals surface area contributed by atoms with Crippen molar-refractivity contribution < 1.29 is 4.74 Å². The third-order valence-corrected chi connectivity index (χ3v) is 5.08. The molecule has 0 spiro atoms. The van der Waals surface area contributed by atoms with Crippen LogP contribution in [-0.2, 0) is 4.74 Å². The molecule has 1 rings (SSSR count). The zero-order chi connectivity index (χ0) is 15.2. The summed E-state index contributed by atoms with van der Waals surface area (Å²) in [6, 6.07) is 0. The average molecular weight is 284 g/mol. The Hall–Kier alpha value is -0.120. The summed E-state index contributed by atoms with van der Waals surface area (Å²) in [6.07, 6.45) is 3.56. The lowest BCUT2D eigenvalue weighted by atomic mass is 9.78. The van der Waals surface area contributed by atoms with Crippen molar-refractivity contribution in [2.45, 2.75) is 59.4 Å². The number of nitrogens with one attached hydrogen (secondary N) is 1. The van der Waals surface area contributed by atoms with Crippen LogP contribution in [-0.4, -0.2) is 50.3 Å². The van der Waals surface area contributed by atoms with Gasteiger partial charge in [-0.2, -0.15) is 0 Å². The Kier molecular flexibility index (Phi) is 6.96. The average Bonchev–Trinajstić information content (AvgIpc) is 2.39. The van der Waals surface area contributed by atoms with Crippen molar-refractivity contribution in [2.24, 2.45) is 11.3 Å². The van der Waals surface area contributed by atoms with E-state index in [1.807, 2.05) is 0 Å². The molecule has 0 aromatic rings. The van der Waals surface area contributed by atoms with Crippen molar-refractivity contribution >= 4 is 0 Å². The summed E-state index contributed by atoms with van der Waals surface area (Å²) in [7, 11) is 2.28. The molecule has 3 heteroatoms. The summed E-state index contributed by atoms with van der Waals surface area (Å²) in [5.74, 6) is 0.719. The quantitative estimate of drug-likeness (QED) is 0.741. The summed E-state index contributed by atoms with van der Waals surface area (Å²) in [4.78, 5) is 2.55. The van der Waals surface area contributed by atoms with Crippen molar-refractivity contribution in [3.05, 3.63) is 0 Å². The fraction of sp³-hybridized carbons (Fsp3) is 1.00. The van der Waals surface area contributed by atoms with E-state index >= 15 is 0 Å². The molecule has 1 N–H and O–H groups in total. The molecule has 0 saturated carbocycles. The van der Waals surface area contributed by atoms with Crippen LogP contribution in [0.25, 0.3) is 0 Å². The largest absolute Gasteiger partial charge is 0.381 e. The summed E-state index contributed by atoms with van der Waals surface area (Å²) in [6.45, 7) is 16.8. The first-order valence-electron chi connectivity index (χ1n) is 8.31. The predicted octanol–water partition coefficient (Wildman–Crippen LogP) is 3.15. The molecule has 0 unspecified atom stereocenters. The van der Waals surface area contributed by atoms with Gasteiger partial charge in [-0.25, -0.2) is 0 Å². The maximum absolute atomic E-state index is 5.60. The molecule has 0 radical (unpaired) electrons. The molecular weight excluding hydrogens is 248 g/mol. The number of nitrogens with zero attached hydrogens (tertiary/aromatic N) is 1. The summed E-state index contributed by atoms with van der Waals surface area (Å²) in [5.41, 5.74) is 0.664. The Labute approximate surface area is 126 Å². The normalized spacial score (nSPS) is 19.8. The van der Waals surface area contributed by atoms with Gasteiger partial charge < -0.3 is 15.0 Å². The van der Waals surface area contributed by atoms with Gasteiger partial charge in [0.05, 0.1) is 0 Å². The highest BCUT2D eigenvalue weighted by atomic mass is 16.5. The molecule has 0 amide bonds. The number of hydrogen-bond acceptors (Lipinski definition) is 3. The standard InChI is InChI=1S/C17H36N2O/c1-7-16(4,5)19(6)14-17(8-10-20-11-9-17)13-18-12-15(2)3/h15,18H,7-14H2,1-6H3. The molecule has 0 bridgehead atoms. The molecule has 1 fully saturated rings. The van der Waals surface area contributed by atoms with Gasteiger partial charge in [0.15, 0.2) is 0 Å². The van der Waals surface area contributed by atoms with E-state index in [0.717, 1.165) is 32.2 Å². The number of hydrogen-bond donors (Lipinski definition) is 1. The van der Waals surface area contributed by atoms with Crippen molar-refractivity contribution in [2.75, 3.05) is 39.9 Å². The number of rotatable bonds is 8. The minimum atomic E-state index is 0.281. The van der Waals surface area contributed by atoms with Crippen LogP contribution in [0.15, 0.2) is 0 Å². The highest BCUT2D eigenvalue weighted by Gasteiger charge is 2.36. The Morgan fingerprint density at radius 1 is 1.25 bits per heavy atom. The van der Waals surface area contributed by atoms with Gasteiger partial charge in [0, 0.05) is 31.8 Å². The molecule has 0 aliphatic carbocycles. The second-order valence-corrected chi connectivity index (χ2v) is 7.66. The Morgan fingerprint density at radius 3 is 2.35 bits per heavy atom. The van der Waals surface area contributed by atoms with Crippen LogP contribution < -0.4 is 5.32 Å². The van der Waals surface area contributed by atoms with Crippen LogP contribution in [0.2, 0.25) is 0 Å². The van der Waals surface area contributed by atoms with Crippen LogP contribution in [0.1, 0.15) is 53.9 Å². The molecule has 20 heavy (non-hydrogen) atoms. The van der Waals surface area contributed by atoms with Gasteiger partial charge in [-0.15, -0.1) is 0 Å². The maximum Gasteiger partial charge on any atom is 0.0472 e. The van der Waals surface area contributed by atoms with E-state index in [2.05, 4.69) is 51.9 Å². The summed E-state index contributed by atoms with van der Waals surface area (Å²) < 4.78 is 5.60. The zero-order valence-electron chi connectivity index (χ0n) is 14.6. The molecule has 0 aromatic heterocycles. The molecule has 1 saturated heterocycles. The topological polar surface area (TPSA) is 24.5 Å². The van der Waals surface area contributed by atoms with Crippen LogP contribution in [0, 0.1) is 11.3 Å². The Morgan fingerprint density at radius 2 is 1.85 bits per heavy atom. The van der Waals surface area contributed by atoms with Gasteiger partial charge in [-0.1, -0.05) is 20.8 Å². The minimum Gasteiger partial charge on any atom is -0.381 e. The van der Waals surface area contributed by atoms with Gasteiger partial charge in [0.25, 0.3) is 0 Å². The zero-order valence-corrected chi connectivity index (χ0v) is 14.6.